The molecular formula is C14H30O4Si. The van der Waals surface area contributed by atoms with Gasteiger partial charge in [-0.25, -0.2) is 0 Å². The van der Waals surface area contributed by atoms with E-state index >= 15 is 0 Å². The molecule has 1 aliphatic rings. The molecular weight excluding hydrogens is 260 g/mol. The number of hydrogen-bond acceptors (Lipinski definition) is 4. The Balaban J connectivity index is 2.70. The minimum absolute atomic E-state index is 0.0902. The van der Waals surface area contributed by atoms with E-state index in [2.05, 4.69) is 27.3 Å². The molecule has 4 nitrogen and oxygen atoms in total. The smallest absolute Gasteiger partial charge is 0.335 e. The maximum absolute atomic E-state index is 6.32. The molecule has 0 aromatic heterocycles. The molecule has 0 saturated carbocycles. The van der Waals surface area contributed by atoms with E-state index in [9.17, 15) is 0 Å². The van der Waals surface area contributed by atoms with Crippen molar-refractivity contribution in [3.63, 3.8) is 0 Å². The van der Waals surface area contributed by atoms with Gasteiger partial charge in [0, 0.05) is 13.0 Å². The van der Waals surface area contributed by atoms with Gasteiger partial charge in [-0.2, -0.15) is 0 Å². The lowest BCUT2D eigenvalue weighted by molar-refractivity contribution is -0.303. The molecule has 0 N–H and O–H groups in total. The van der Waals surface area contributed by atoms with Crippen molar-refractivity contribution in [1.82, 2.24) is 0 Å². The van der Waals surface area contributed by atoms with Gasteiger partial charge >= 0.3 is 8.56 Å². The van der Waals surface area contributed by atoms with E-state index in [0.29, 0.717) is 6.61 Å². The lowest BCUT2D eigenvalue weighted by Crippen LogP contribution is -2.54. The molecule has 0 aromatic carbocycles. The first-order chi connectivity index (χ1) is 9.02. The summed E-state index contributed by atoms with van der Waals surface area (Å²) in [5.74, 6) is -0.586. The third kappa shape index (κ3) is 4.53. The van der Waals surface area contributed by atoms with E-state index in [-0.39, 0.29) is 6.10 Å². The Morgan fingerprint density at radius 2 is 1.84 bits per heavy atom. The molecule has 0 aromatic rings. The van der Waals surface area contributed by atoms with Crippen molar-refractivity contribution in [1.29, 1.82) is 0 Å². The van der Waals surface area contributed by atoms with E-state index in [4.69, 9.17) is 18.3 Å². The van der Waals surface area contributed by atoms with Crippen LogP contribution >= 0.6 is 0 Å². The number of hydrogen-bond donors (Lipinski definition) is 0. The SMILES string of the molecule is CCC[Si](C)(OCC)OC(C)C1(CC)OCCCO1. The van der Waals surface area contributed by atoms with E-state index in [1.807, 2.05) is 6.92 Å². The van der Waals surface area contributed by atoms with Crippen molar-refractivity contribution in [2.45, 2.75) is 71.4 Å². The summed E-state index contributed by atoms with van der Waals surface area (Å²) in [6.07, 6.45) is 2.75. The van der Waals surface area contributed by atoms with Crippen LogP contribution in [-0.4, -0.2) is 40.3 Å². The number of ether oxygens (including phenoxy) is 2. The Morgan fingerprint density at radius 3 is 2.32 bits per heavy atom. The lowest BCUT2D eigenvalue weighted by atomic mass is 10.1. The van der Waals surface area contributed by atoms with Crippen LogP contribution < -0.4 is 0 Å². The topological polar surface area (TPSA) is 36.9 Å². The molecule has 1 aliphatic heterocycles. The van der Waals surface area contributed by atoms with Crippen molar-refractivity contribution in [3.8, 4) is 0 Å². The largest absolute Gasteiger partial charge is 0.395 e. The monoisotopic (exact) mass is 290 g/mol. The van der Waals surface area contributed by atoms with Gasteiger partial charge in [0.05, 0.1) is 19.3 Å². The highest BCUT2D eigenvalue weighted by molar-refractivity contribution is 6.66. The molecule has 1 fully saturated rings. The first kappa shape index (κ1) is 17.1. The van der Waals surface area contributed by atoms with Crippen LogP contribution in [-0.2, 0) is 18.3 Å². The molecule has 2 atom stereocenters. The highest BCUT2D eigenvalue weighted by Gasteiger charge is 2.44. The molecule has 0 bridgehead atoms. The van der Waals surface area contributed by atoms with Crippen LogP contribution in [0, 0.1) is 0 Å². The van der Waals surface area contributed by atoms with Crippen molar-refractivity contribution in [3.05, 3.63) is 0 Å². The fraction of sp³-hybridized carbons (Fsp3) is 1.00. The standard InChI is InChI=1S/C14H30O4Si/c1-6-12-19(5,17-8-3)18-13(4)14(7-2)15-10-9-11-16-14/h13H,6-12H2,1-5H3. The predicted octanol–water partition coefficient (Wildman–Crippen LogP) is 3.45. The average Bonchev–Trinajstić information content (AvgIpc) is 2.39. The van der Waals surface area contributed by atoms with Crippen LogP contribution in [0.4, 0.5) is 0 Å². The van der Waals surface area contributed by atoms with Crippen LogP contribution in [0.1, 0.15) is 47.0 Å². The van der Waals surface area contributed by atoms with Crippen molar-refractivity contribution in [2.75, 3.05) is 19.8 Å². The highest BCUT2D eigenvalue weighted by Crippen LogP contribution is 2.31. The predicted molar refractivity (Wildman–Crippen MR) is 78.4 cm³/mol. The maximum Gasteiger partial charge on any atom is 0.335 e. The fourth-order valence-corrected chi connectivity index (χ4v) is 5.48. The Morgan fingerprint density at radius 1 is 1.21 bits per heavy atom. The van der Waals surface area contributed by atoms with Crippen LogP contribution in [0.5, 0.6) is 0 Å². The molecule has 114 valence electrons. The second-order valence-corrected chi connectivity index (χ2v) is 8.58. The van der Waals surface area contributed by atoms with Crippen LogP contribution in [0.2, 0.25) is 12.6 Å². The second kappa shape index (κ2) is 7.74. The summed E-state index contributed by atoms with van der Waals surface area (Å²) in [4.78, 5) is 0. The third-order valence-corrected chi connectivity index (χ3v) is 6.83. The van der Waals surface area contributed by atoms with Gasteiger partial charge in [0.2, 0.25) is 0 Å². The first-order valence-electron chi connectivity index (χ1n) is 7.61. The van der Waals surface area contributed by atoms with Crippen LogP contribution in [0.25, 0.3) is 0 Å². The van der Waals surface area contributed by atoms with Gasteiger partial charge in [-0.05, 0) is 32.9 Å². The molecule has 5 heteroatoms. The van der Waals surface area contributed by atoms with E-state index in [1.54, 1.807) is 0 Å². The van der Waals surface area contributed by atoms with Gasteiger partial charge in [0.25, 0.3) is 0 Å². The molecule has 1 rings (SSSR count). The summed E-state index contributed by atoms with van der Waals surface area (Å²) in [6, 6.07) is 1.00. The van der Waals surface area contributed by atoms with Crippen LogP contribution in [0.3, 0.4) is 0 Å². The van der Waals surface area contributed by atoms with E-state index < -0.39 is 14.3 Å². The first-order valence-corrected chi connectivity index (χ1v) is 10.1. The summed E-state index contributed by atoms with van der Waals surface area (Å²) in [7, 11) is -2.12. The summed E-state index contributed by atoms with van der Waals surface area (Å²) in [5, 5.41) is 0. The van der Waals surface area contributed by atoms with Crippen LogP contribution in [0.15, 0.2) is 0 Å². The lowest BCUT2D eigenvalue weighted by Gasteiger charge is -2.43. The zero-order valence-corrected chi connectivity index (χ0v) is 14.2. The van der Waals surface area contributed by atoms with Crippen molar-refractivity contribution < 1.29 is 18.3 Å². The molecule has 0 amide bonds. The Labute approximate surface area is 119 Å². The van der Waals surface area contributed by atoms with E-state index in [0.717, 1.165) is 38.5 Å². The zero-order valence-electron chi connectivity index (χ0n) is 13.2. The van der Waals surface area contributed by atoms with Gasteiger partial charge in [-0.15, -0.1) is 0 Å². The Kier molecular flexibility index (Phi) is 6.97. The molecule has 1 heterocycles. The van der Waals surface area contributed by atoms with Gasteiger partial charge in [0.15, 0.2) is 5.79 Å². The minimum Gasteiger partial charge on any atom is -0.395 e. The molecule has 0 spiro atoms. The summed E-state index contributed by atoms with van der Waals surface area (Å²) in [6.45, 7) is 12.7. The van der Waals surface area contributed by atoms with Gasteiger partial charge in [-0.3, -0.25) is 0 Å². The highest BCUT2D eigenvalue weighted by atomic mass is 28.4. The van der Waals surface area contributed by atoms with E-state index in [1.165, 1.54) is 0 Å². The third-order valence-electron chi connectivity index (χ3n) is 3.67. The van der Waals surface area contributed by atoms with Gasteiger partial charge in [0.1, 0.15) is 0 Å². The minimum atomic E-state index is -2.12. The molecule has 1 saturated heterocycles. The number of rotatable bonds is 8. The fourth-order valence-electron chi connectivity index (χ4n) is 2.71. The van der Waals surface area contributed by atoms with Gasteiger partial charge in [-0.1, -0.05) is 20.3 Å². The molecule has 0 radical (unpaired) electrons. The second-order valence-electron chi connectivity index (χ2n) is 5.29. The normalized spacial score (nSPS) is 23.8. The molecule has 19 heavy (non-hydrogen) atoms. The summed E-state index contributed by atoms with van der Waals surface area (Å²) >= 11 is 0. The zero-order chi connectivity index (χ0) is 14.4. The average molecular weight is 290 g/mol. The summed E-state index contributed by atoms with van der Waals surface area (Å²) in [5.41, 5.74) is 0. The van der Waals surface area contributed by atoms with Crippen molar-refractivity contribution >= 4 is 8.56 Å². The molecule has 2 unspecified atom stereocenters. The summed E-state index contributed by atoms with van der Waals surface area (Å²) < 4.78 is 24.0. The Bertz CT molecular complexity index is 248. The van der Waals surface area contributed by atoms with Gasteiger partial charge < -0.3 is 18.3 Å². The van der Waals surface area contributed by atoms with Crippen molar-refractivity contribution in [2.24, 2.45) is 0 Å². The quantitative estimate of drug-likeness (QED) is 0.642. The Hall–Kier alpha value is 0.0569. The molecule has 0 aliphatic carbocycles. The maximum atomic E-state index is 6.32.